The normalized spacial score (nSPS) is 12.1. The minimum atomic E-state index is -0.881. The van der Waals surface area contributed by atoms with Gasteiger partial charge in [0, 0.05) is 5.56 Å². The molecule has 0 aliphatic heterocycles. The predicted octanol–water partition coefficient (Wildman–Crippen LogP) is 4.12. The molecule has 17 heavy (non-hydrogen) atoms. The lowest BCUT2D eigenvalue weighted by atomic mass is 9.83. The van der Waals surface area contributed by atoms with E-state index in [1.165, 1.54) is 12.1 Å². The Labute approximate surface area is 98.7 Å². The van der Waals surface area contributed by atoms with Crippen molar-refractivity contribution in [3.05, 3.63) is 41.5 Å². The molecule has 0 spiro atoms. The van der Waals surface area contributed by atoms with Gasteiger partial charge in [-0.05, 0) is 34.4 Å². The fourth-order valence-electron chi connectivity index (χ4n) is 2.07. The first kappa shape index (κ1) is 11.8. The highest BCUT2D eigenvalue weighted by atomic mass is 19.2. The van der Waals surface area contributed by atoms with Crippen LogP contribution in [0, 0.1) is 11.6 Å². The van der Waals surface area contributed by atoms with E-state index in [-0.39, 0.29) is 5.75 Å². The number of halogens is 2. The largest absolute Gasteiger partial charge is 0.508 e. The first-order chi connectivity index (χ1) is 7.80. The quantitative estimate of drug-likeness (QED) is 0.729. The van der Waals surface area contributed by atoms with Crippen molar-refractivity contribution in [1.82, 2.24) is 0 Å². The van der Waals surface area contributed by atoms with Crippen molar-refractivity contribution in [3.63, 3.8) is 0 Å². The molecule has 0 amide bonds. The molecule has 0 unspecified atom stereocenters. The highest BCUT2D eigenvalue weighted by Crippen LogP contribution is 2.35. The van der Waals surface area contributed by atoms with Gasteiger partial charge in [0.15, 0.2) is 11.6 Å². The number of benzene rings is 2. The third-order valence-electron chi connectivity index (χ3n) is 2.77. The zero-order chi connectivity index (χ0) is 12.8. The fraction of sp³-hybridized carbons (Fsp3) is 0.286. The number of aromatic hydroxyl groups is 1. The Hall–Kier alpha value is -1.64. The molecule has 0 atom stereocenters. The highest BCUT2D eigenvalue weighted by molar-refractivity contribution is 5.88. The van der Waals surface area contributed by atoms with Crippen molar-refractivity contribution in [2.75, 3.05) is 0 Å². The van der Waals surface area contributed by atoms with Gasteiger partial charge in [0.2, 0.25) is 0 Å². The lowest BCUT2D eigenvalue weighted by molar-refractivity contribution is 0.467. The van der Waals surface area contributed by atoms with E-state index >= 15 is 0 Å². The highest BCUT2D eigenvalue weighted by Gasteiger charge is 2.24. The van der Waals surface area contributed by atoms with E-state index in [2.05, 4.69) is 0 Å². The molecule has 90 valence electrons. The first-order valence-electron chi connectivity index (χ1n) is 5.42. The van der Waals surface area contributed by atoms with E-state index in [0.29, 0.717) is 16.3 Å². The average molecular weight is 236 g/mol. The summed E-state index contributed by atoms with van der Waals surface area (Å²) in [4.78, 5) is 0. The van der Waals surface area contributed by atoms with Crippen LogP contribution >= 0.6 is 0 Å². The van der Waals surface area contributed by atoms with Crippen molar-refractivity contribution < 1.29 is 13.9 Å². The molecule has 0 radical (unpaired) electrons. The van der Waals surface area contributed by atoms with Gasteiger partial charge >= 0.3 is 0 Å². The Morgan fingerprint density at radius 2 is 1.71 bits per heavy atom. The van der Waals surface area contributed by atoms with E-state index in [1.807, 2.05) is 20.8 Å². The minimum absolute atomic E-state index is 0.0448. The molecule has 0 fully saturated rings. The molecule has 2 aromatic rings. The fourth-order valence-corrected chi connectivity index (χ4v) is 2.07. The van der Waals surface area contributed by atoms with Gasteiger partial charge in [-0.3, -0.25) is 0 Å². The predicted molar refractivity (Wildman–Crippen MR) is 64.2 cm³/mol. The van der Waals surface area contributed by atoms with E-state index in [0.717, 1.165) is 6.07 Å². The maximum Gasteiger partial charge on any atom is 0.163 e. The molecule has 2 rings (SSSR count). The number of rotatable bonds is 0. The van der Waals surface area contributed by atoms with Gasteiger partial charge in [0.25, 0.3) is 0 Å². The second kappa shape index (κ2) is 3.69. The van der Waals surface area contributed by atoms with Crippen molar-refractivity contribution in [3.8, 4) is 5.75 Å². The van der Waals surface area contributed by atoms with Crippen LogP contribution in [0.5, 0.6) is 5.75 Å². The zero-order valence-corrected chi connectivity index (χ0v) is 10.0. The van der Waals surface area contributed by atoms with Gasteiger partial charge in [0.1, 0.15) is 5.75 Å². The number of hydrogen-bond donors (Lipinski definition) is 1. The Bertz CT molecular complexity index is 583. The standard InChI is InChI=1S/C14H14F2O/c1-14(2,3)12-10-5-4-9(17)6-8(10)7-11(15)13(12)16/h4-7,17H,1-3H3. The smallest absolute Gasteiger partial charge is 0.163 e. The van der Waals surface area contributed by atoms with E-state index in [9.17, 15) is 13.9 Å². The molecular weight excluding hydrogens is 222 g/mol. The third-order valence-corrected chi connectivity index (χ3v) is 2.77. The average Bonchev–Trinajstić information content (AvgIpc) is 2.18. The SMILES string of the molecule is CC(C)(C)c1c(F)c(F)cc2cc(O)ccc12. The maximum atomic E-state index is 13.9. The number of hydrogen-bond acceptors (Lipinski definition) is 1. The van der Waals surface area contributed by atoms with E-state index in [1.54, 1.807) is 6.07 Å². The number of fused-ring (bicyclic) bond motifs is 1. The maximum absolute atomic E-state index is 13.9. The van der Waals surface area contributed by atoms with Crippen LogP contribution in [-0.4, -0.2) is 5.11 Å². The van der Waals surface area contributed by atoms with Crippen molar-refractivity contribution in [2.45, 2.75) is 26.2 Å². The number of phenols is 1. The molecule has 1 nitrogen and oxygen atoms in total. The van der Waals surface area contributed by atoms with Crippen LogP contribution in [0.1, 0.15) is 26.3 Å². The summed E-state index contributed by atoms with van der Waals surface area (Å²) in [5.41, 5.74) is -0.158. The summed E-state index contributed by atoms with van der Waals surface area (Å²) >= 11 is 0. The van der Waals surface area contributed by atoms with Gasteiger partial charge < -0.3 is 5.11 Å². The molecule has 3 heteroatoms. The van der Waals surface area contributed by atoms with Crippen LogP contribution in [0.4, 0.5) is 8.78 Å². The Balaban J connectivity index is 2.93. The summed E-state index contributed by atoms with van der Waals surface area (Å²) in [6.45, 7) is 5.49. The second-order valence-corrected chi connectivity index (χ2v) is 5.20. The van der Waals surface area contributed by atoms with Gasteiger partial charge in [-0.2, -0.15) is 0 Å². The summed E-state index contributed by atoms with van der Waals surface area (Å²) in [6.07, 6.45) is 0. The lowest BCUT2D eigenvalue weighted by Gasteiger charge is -2.22. The van der Waals surface area contributed by atoms with E-state index < -0.39 is 17.0 Å². The summed E-state index contributed by atoms with van der Waals surface area (Å²) in [7, 11) is 0. The van der Waals surface area contributed by atoms with E-state index in [4.69, 9.17) is 0 Å². The van der Waals surface area contributed by atoms with Crippen molar-refractivity contribution >= 4 is 10.8 Å². The van der Waals surface area contributed by atoms with Crippen LogP contribution < -0.4 is 0 Å². The molecule has 1 N–H and O–H groups in total. The van der Waals surface area contributed by atoms with Gasteiger partial charge in [0.05, 0.1) is 0 Å². The molecule has 0 saturated heterocycles. The summed E-state index contributed by atoms with van der Waals surface area (Å²) in [5, 5.41) is 10.5. The first-order valence-corrected chi connectivity index (χ1v) is 5.42. The summed E-state index contributed by atoms with van der Waals surface area (Å²) in [5.74, 6) is -1.65. The molecule has 0 saturated carbocycles. The Morgan fingerprint density at radius 3 is 2.29 bits per heavy atom. The zero-order valence-electron chi connectivity index (χ0n) is 10.0. The third kappa shape index (κ3) is 1.97. The molecule has 0 aliphatic carbocycles. The lowest BCUT2D eigenvalue weighted by Crippen LogP contribution is -2.15. The molecular formula is C14H14F2O. The second-order valence-electron chi connectivity index (χ2n) is 5.20. The van der Waals surface area contributed by atoms with Gasteiger partial charge in [-0.15, -0.1) is 0 Å². The topological polar surface area (TPSA) is 20.2 Å². The van der Waals surface area contributed by atoms with Crippen LogP contribution in [0.25, 0.3) is 10.8 Å². The molecule has 0 aliphatic rings. The molecule has 0 aromatic heterocycles. The molecule has 0 heterocycles. The van der Waals surface area contributed by atoms with Crippen LogP contribution in [0.15, 0.2) is 24.3 Å². The minimum Gasteiger partial charge on any atom is -0.508 e. The van der Waals surface area contributed by atoms with Crippen molar-refractivity contribution in [1.29, 1.82) is 0 Å². The molecule has 0 bridgehead atoms. The van der Waals surface area contributed by atoms with Crippen molar-refractivity contribution in [2.24, 2.45) is 0 Å². The molecule has 2 aromatic carbocycles. The van der Waals surface area contributed by atoms with Crippen LogP contribution in [-0.2, 0) is 5.41 Å². The Morgan fingerprint density at radius 1 is 1.06 bits per heavy atom. The van der Waals surface area contributed by atoms with Gasteiger partial charge in [-0.25, -0.2) is 8.78 Å². The van der Waals surface area contributed by atoms with Gasteiger partial charge in [-0.1, -0.05) is 26.8 Å². The summed E-state index contributed by atoms with van der Waals surface area (Å²) in [6, 6.07) is 5.65. The van der Waals surface area contributed by atoms with Crippen LogP contribution in [0.2, 0.25) is 0 Å². The summed E-state index contributed by atoms with van der Waals surface area (Å²) < 4.78 is 27.4. The van der Waals surface area contributed by atoms with Crippen LogP contribution in [0.3, 0.4) is 0 Å². The number of phenolic OH excluding ortho intramolecular Hbond substituents is 1. The Kier molecular flexibility index (Phi) is 2.57. The monoisotopic (exact) mass is 236 g/mol.